The lowest BCUT2D eigenvalue weighted by molar-refractivity contribution is -0.144. The summed E-state index contributed by atoms with van der Waals surface area (Å²) in [7, 11) is 0. The molecule has 1 aromatic carbocycles. The van der Waals surface area contributed by atoms with E-state index in [9.17, 15) is 18.0 Å². The summed E-state index contributed by atoms with van der Waals surface area (Å²) in [6, 6.07) is 6.74. The van der Waals surface area contributed by atoms with Crippen molar-refractivity contribution < 1.29 is 22.7 Å². The van der Waals surface area contributed by atoms with Gasteiger partial charge in [0.15, 0.2) is 0 Å². The third-order valence-corrected chi connectivity index (χ3v) is 3.95. The van der Waals surface area contributed by atoms with Crippen LogP contribution in [0.3, 0.4) is 0 Å². The van der Waals surface area contributed by atoms with Crippen LogP contribution in [0.5, 0.6) is 0 Å². The lowest BCUT2D eigenvalue weighted by Gasteiger charge is -2.36. The van der Waals surface area contributed by atoms with Gasteiger partial charge in [-0.2, -0.15) is 13.2 Å². The van der Waals surface area contributed by atoms with Gasteiger partial charge in [0.05, 0.1) is 5.41 Å². The molecule has 3 nitrogen and oxygen atoms in total. The molecule has 116 valence electrons. The predicted octanol–water partition coefficient (Wildman–Crippen LogP) is 3.07. The second kappa shape index (κ2) is 6.23. The van der Waals surface area contributed by atoms with Crippen LogP contribution in [-0.2, 0) is 14.9 Å². The highest BCUT2D eigenvalue weighted by Gasteiger charge is 2.44. The van der Waals surface area contributed by atoms with Crippen molar-refractivity contribution in [1.29, 1.82) is 0 Å². The van der Waals surface area contributed by atoms with Crippen LogP contribution in [0.15, 0.2) is 24.3 Å². The van der Waals surface area contributed by atoms with E-state index < -0.39 is 24.0 Å². The molecule has 0 aliphatic carbocycles. The number of amides is 1. The summed E-state index contributed by atoms with van der Waals surface area (Å²) < 4.78 is 42.2. The Morgan fingerprint density at radius 3 is 2.48 bits per heavy atom. The molecule has 1 fully saturated rings. The Kier molecular flexibility index (Phi) is 4.78. The number of halogens is 4. The third kappa shape index (κ3) is 3.68. The Labute approximate surface area is 125 Å². The number of carbonyl (C=O) groups is 1. The molecule has 1 aliphatic heterocycles. The summed E-state index contributed by atoms with van der Waals surface area (Å²) >= 11 is 6.14. The molecule has 0 unspecified atom stereocenters. The van der Waals surface area contributed by atoms with Gasteiger partial charge in [-0.05, 0) is 24.5 Å². The van der Waals surface area contributed by atoms with Crippen molar-refractivity contribution in [3.63, 3.8) is 0 Å². The second-order valence-electron chi connectivity index (χ2n) is 4.97. The molecule has 2 rings (SSSR count). The topological polar surface area (TPSA) is 38.3 Å². The number of hydrogen-bond acceptors (Lipinski definition) is 2. The summed E-state index contributed by atoms with van der Waals surface area (Å²) in [6.07, 6.45) is -3.83. The van der Waals surface area contributed by atoms with Crippen LogP contribution in [-0.4, -0.2) is 31.8 Å². The molecule has 0 radical (unpaired) electrons. The number of ether oxygens (including phenoxy) is 1. The number of carbonyl (C=O) groups excluding carboxylic acids is 1. The molecule has 0 atom stereocenters. The van der Waals surface area contributed by atoms with Crippen LogP contribution in [0.25, 0.3) is 0 Å². The van der Waals surface area contributed by atoms with Crippen LogP contribution in [0, 0.1) is 0 Å². The first kappa shape index (κ1) is 16.1. The van der Waals surface area contributed by atoms with Gasteiger partial charge in [-0.1, -0.05) is 29.8 Å². The van der Waals surface area contributed by atoms with Crippen LogP contribution in [0.2, 0.25) is 5.02 Å². The first-order valence-electron chi connectivity index (χ1n) is 6.53. The van der Waals surface area contributed by atoms with Gasteiger partial charge in [-0.25, -0.2) is 0 Å². The highest BCUT2D eigenvalue weighted by Crippen LogP contribution is 2.39. The zero-order valence-corrected chi connectivity index (χ0v) is 11.9. The minimum absolute atomic E-state index is 0.306. The van der Waals surface area contributed by atoms with Gasteiger partial charge in [0.25, 0.3) is 0 Å². The van der Waals surface area contributed by atoms with E-state index in [4.69, 9.17) is 16.3 Å². The Morgan fingerprint density at radius 1 is 1.29 bits per heavy atom. The van der Waals surface area contributed by atoms with Crippen molar-refractivity contribution in [1.82, 2.24) is 5.32 Å². The van der Waals surface area contributed by atoms with Crippen molar-refractivity contribution in [2.75, 3.05) is 19.8 Å². The molecule has 0 bridgehead atoms. The minimum atomic E-state index is -4.44. The summed E-state index contributed by atoms with van der Waals surface area (Å²) in [6.45, 7) is -0.728. The molecule has 1 saturated heterocycles. The third-order valence-electron chi connectivity index (χ3n) is 3.62. The van der Waals surface area contributed by atoms with Crippen molar-refractivity contribution in [2.24, 2.45) is 0 Å². The Morgan fingerprint density at radius 2 is 1.90 bits per heavy atom. The quantitative estimate of drug-likeness (QED) is 0.929. The van der Waals surface area contributed by atoms with E-state index in [0.29, 0.717) is 36.6 Å². The molecule has 0 saturated carbocycles. The number of benzene rings is 1. The van der Waals surface area contributed by atoms with Crippen molar-refractivity contribution in [3.8, 4) is 0 Å². The smallest absolute Gasteiger partial charge is 0.381 e. The van der Waals surface area contributed by atoms with Crippen molar-refractivity contribution in [3.05, 3.63) is 34.9 Å². The molecule has 7 heteroatoms. The maximum atomic E-state index is 12.4. The largest absolute Gasteiger partial charge is 0.405 e. The van der Waals surface area contributed by atoms with Gasteiger partial charge < -0.3 is 10.1 Å². The molecule has 0 spiro atoms. The fourth-order valence-electron chi connectivity index (χ4n) is 2.54. The number of rotatable bonds is 3. The average molecular weight is 322 g/mol. The van der Waals surface area contributed by atoms with Crippen LogP contribution in [0.1, 0.15) is 18.4 Å². The van der Waals surface area contributed by atoms with Gasteiger partial charge in [0.2, 0.25) is 5.91 Å². The SMILES string of the molecule is O=C(NCC(F)(F)F)C1(c2ccccc2Cl)CCOCC1. The van der Waals surface area contributed by atoms with Crippen LogP contribution < -0.4 is 5.32 Å². The summed E-state index contributed by atoms with van der Waals surface area (Å²) in [5.74, 6) is -0.656. The number of nitrogens with one attached hydrogen (secondary N) is 1. The molecule has 21 heavy (non-hydrogen) atoms. The van der Waals surface area contributed by atoms with Crippen molar-refractivity contribution >= 4 is 17.5 Å². The fourth-order valence-corrected chi connectivity index (χ4v) is 2.85. The summed E-state index contributed by atoms with van der Waals surface area (Å²) in [5.41, 5.74) is -0.517. The molecule has 1 N–H and O–H groups in total. The van der Waals surface area contributed by atoms with E-state index in [1.165, 1.54) is 0 Å². The Bertz CT molecular complexity index is 513. The summed E-state index contributed by atoms with van der Waals surface area (Å²) in [4.78, 5) is 12.4. The molecule has 0 aromatic heterocycles. The first-order valence-corrected chi connectivity index (χ1v) is 6.91. The van der Waals surface area contributed by atoms with Gasteiger partial charge in [-0.15, -0.1) is 0 Å². The zero-order valence-electron chi connectivity index (χ0n) is 11.2. The minimum Gasteiger partial charge on any atom is -0.381 e. The average Bonchev–Trinajstić information content (AvgIpc) is 2.45. The Balaban J connectivity index is 2.29. The van der Waals surface area contributed by atoms with Crippen LogP contribution in [0.4, 0.5) is 13.2 Å². The standard InChI is InChI=1S/C14H15ClF3NO2/c15-11-4-2-1-3-10(11)13(5-7-21-8-6-13)12(20)19-9-14(16,17)18/h1-4H,5-9H2,(H,19,20). The molecule has 1 aliphatic rings. The first-order chi connectivity index (χ1) is 9.85. The lowest BCUT2D eigenvalue weighted by Crippen LogP contribution is -2.50. The highest BCUT2D eigenvalue weighted by molar-refractivity contribution is 6.31. The zero-order chi connectivity index (χ0) is 15.5. The molecular weight excluding hydrogens is 307 g/mol. The molecule has 1 heterocycles. The van der Waals surface area contributed by atoms with E-state index in [2.05, 4.69) is 0 Å². The van der Waals surface area contributed by atoms with Gasteiger partial charge in [-0.3, -0.25) is 4.79 Å². The monoisotopic (exact) mass is 321 g/mol. The maximum Gasteiger partial charge on any atom is 0.405 e. The fraction of sp³-hybridized carbons (Fsp3) is 0.500. The summed E-state index contributed by atoms with van der Waals surface area (Å²) in [5, 5.41) is 2.36. The number of hydrogen-bond donors (Lipinski definition) is 1. The predicted molar refractivity (Wildman–Crippen MR) is 72.2 cm³/mol. The van der Waals surface area contributed by atoms with E-state index in [1.54, 1.807) is 24.3 Å². The van der Waals surface area contributed by atoms with Crippen LogP contribution >= 0.6 is 11.6 Å². The van der Waals surface area contributed by atoms with Gasteiger partial charge in [0, 0.05) is 18.2 Å². The normalized spacial score (nSPS) is 18.3. The second-order valence-corrected chi connectivity index (χ2v) is 5.38. The van der Waals surface area contributed by atoms with Gasteiger partial charge >= 0.3 is 6.18 Å². The molecular formula is C14H15ClF3NO2. The Hall–Kier alpha value is -1.27. The van der Waals surface area contributed by atoms with E-state index in [-0.39, 0.29) is 0 Å². The van der Waals surface area contributed by atoms with Crippen molar-refractivity contribution in [2.45, 2.75) is 24.4 Å². The maximum absolute atomic E-state index is 12.4. The molecule has 1 aromatic rings. The van der Waals surface area contributed by atoms with E-state index >= 15 is 0 Å². The highest BCUT2D eigenvalue weighted by atomic mass is 35.5. The lowest BCUT2D eigenvalue weighted by atomic mass is 9.73. The number of alkyl halides is 3. The van der Waals surface area contributed by atoms with E-state index in [0.717, 1.165) is 0 Å². The van der Waals surface area contributed by atoms with Gasteiger partial charge in [0.1, 0.15) is 6.54 Å². The van der Waals surface area contributed by atoms with E-state index in [1.807, 2.05) is 5.32 Å². The molecule has 1 amide bonds.